The Labute approximate surface area is 84.6 Å². The van der Waals surface area contributed by atoms with Crippen molar-refractivity contribution in [3.63, 3.8) is 0 Å². The van der Waals surface area contributed by atoms with Gasteiger partial charge in [0.2, 0.25) is 0 Å². The minimum Gasteiger partial charge on any atom is -0.508 e. The third-order valence-corrected chi connectivity index (χ3v) is 2.54. The van der Waals surface area contributed by atoms with Crippen molar-refractivity contribution in [1.82, 2.24) is 0 Å². The zero-order chi connectivity index (χ0) is 10.7. The molecule has 2 nitrogen and oxygen atoms in total. The molecule has 76 valence electrons. The standard InChI is InChI=1S/C12H16O2/c1-4-8(2)12(14)11-6-5-10(13)7-9(11)3/h5-8,13H,4H2,1-3H3. The molecule has 0 aromatic heterocycles. The van der Waals surface area contributed by atoms with Crippen LogP contribution in [-0.4, -0.2) is 10.9 Å². The van der Waals surface area contributed by atoms with Crippen LogP contribution >= 0.6 is 0 Å². The molecule has 0 radical (unpaired) electrons. The Kier molecular flexibility index (Phi) is 3.28. The molecule has 0 aliphatic carbocycles. The quantitative estimate of drug-likeness (QED) is 0.747. The van der Waals surface area contributed by atoms with Crippen LogP contribution in [0.1, 0.15) is 36.2 Å². The number of benzene rings is 1. The number of rotatable bonds is 3. The Morgan fingerprint density at radius 3 is 2.64 bits per heavy atom. The van der Waals surface area contributed by atoms with Crippen LogP contribution in [0, 0.1) is 12.8 Å². The molecule has 1 rings (SSSR count). The fourth-order valence-electron chi connectivity index (χ4n) is 1.38. The Morgan fingerprint density at radius 2 is 2.14 bits per heavy atom. The van der Waals surface area contributed by atoms with Gasteiger partial charge in [0.05, 0.1) is 0 Å². The molecule has 0 heterocycles. The lowest BCUT2D eigenvalue weighted by atomic mass is 9.94. The molecule has 0 fully saturated rings. The number of phenols is 1. The SMILES string of the molecule is CCC(C)C(=O)c1ccc(O)cc1C. The lowest BCUT2D eigenvalue weighted by Crippen LogP contribution is -2.11. The van der Waals surface area contributed by atoms with Gasteiger partial charge in [-0.2, -0.15) is 0 Å². The van der Waals surface area contributed by atoms with Gasteiger partial charge < -0.3 is 5.11 Å². The van der Waals surface area contributed by atoms with E-state index in [0.29, 0.717) is 0 Å². The average Bonchev–Trinajstić information content (AvgIpc) is 2.15. The zero-order valence-corrected chi connectivity index (χ0v) is 8.87. The normalized spacial score (nSPS) is 12.5. The first-order valence-corrected chi connectivity index (χ1v) is 4.90. The van der Waals surface area contributed by atoms with E-state index in [-0.39, 0.29) is 17.5 Å². The maximum Gasteiger partial charge on any atom is 0.165 e. The van der Waals surface area contributed by atoms with Crippen molar-refractivity contribution in [3.8, 4) is 5.75 Å². The second-order valence-electron chi connectivity index (χ2n) is 3.67. The lowest BCUT2D eigenvalue weighted by molar-refractivity contribution is 0.0926. The van der Waals surface area contributed by atoms with E-state index in [2.05, 4.69) is 0 Å². The van der Waals surface area contributed by atoms with Gasteiger partial charge in [-0.1, -0.05) is 13.8 Å². The summed E-state index contributed by atoms with van der Waals surface area (Å²) in [5.74, 6) is 0.423. The van der Waals surface area contributed by atoms with Crippen LogP contribution in [0.15, 0.2) is 18.2 Å². The highest BCUT2D eigenvalue weighted by Gasteiger charge is 2.15. The second kappa shape index (κ2) is 4.27. The van der Waals surface area contributed by atoms with E-state index in [1.807, 2.05) is 20.8 Å². The Morgan fingerprint density at radius 1 is 1.50 bits per heavy atom. The van der Waals surface area contributed by atoms with E-state index in [9.17, 15) is 9.90 Å². The Hall–Kier alpha value is -1.31. The van der Waals surface area contributed by atoms with Gasteiger partial charge >= 0.3 is 0 Å². The summed E-state index contributed by atoms with van der Waals surface area (Å²) in [4.78, 5) is 11.8. The van der Waals surface area contributed by atoms with Crippen molar-refractivity contribution in [3.05, 3.63) is 29.3 Å². The fraction of sp³-hybridized carbons (Fsp3) is 0.417. The number of hydrogen-bond donors (Lipinski definition) is 1. The number of aromatic hydroxyl groups is 1. The highest BCUT2D eigenvalue weighted by Crippen LogP contribution is 2.19. The van der Waals surface area contributed by atoms with Gasteiger partial charge in [-0.15, -0.1) is 0 Å². The monoisotopic (exact) mass is 192 g/mol. The average molecular weight is 192 g/mol. The Bertz CT molecular complexity index is 342. The van der Waals surface area contributed by atoms with Gasteiger partial charge in [-0.05, 0) is 37.1 Å². The summed E-state index contributed by atoms with van der Waals surface area (Å²) in [5.41, 5.74) is 1.56. The molecule has 2 heteroatoms. The molecule has 0 bridgehead atoms. The molecular weight excluding hydrogens is 176 g/mol. The first-order valence-electron chi connectivity index (χ1n) is 4.90. The van der Waals surface area contributed by atoms with E-state index in [1.54, 1.807) is 18.2 Å². The summed E-state index contributed by atoms with van der Waals surface area (Å²) >= 11 is 0. The lowest BCUT2D eigenvalue weighted by Gasteiger charge is -2.09. The molecule has 0 aliphatic heterocycles. The summed E-state index contributed by atoms with van der Waals surface area (Å²) in [6, 6.07) is 4.87. The summed E-state index contributed by atoms with van der Waals surface area (Å²) in [7, 11) is 0. The maximum absolute atomic E-state index is 11.8. The molecule has 1 aromatic carbocycles. The van der Waals surface area contributed by atoms with Crippen LogP contribution in [0.25, 0.3) is 0 Å². The second-order valence-corrected chi connectivity index (χ2v) is 3.67. The minimum atomic E-state index is 0.0539. The molecule has 0 spiro atoms. The molecular formula is C12H16O2. The van der Waals surface area contributed by atoms with Gasteiger partial charge in [0.25, 0.3) is 0 Å². The van der Waals surface area contributed by atoms with Crippen LogP contribution in [0.5, 0.6) is 5.75 Å². The van der Waals surface area contributed by atoms with Gasteiger partial charge in [-0.3, -0.25) is 4.79 Å². The van der Waals surface area contributed by atoms with Crippen LogP contribution in [-0.2, 0) is 0 Å². The number of aryl methyl sites for hydroxylation is 1. The van der Waals surface area contributed by atoms with E-state index in [1.165, 1.54) is 0 Å². The van der Waals surface area contributed by atoms with E-state index in [4.69, 9.17) is 0 Å². The van der Waals surface area contributed by atoms with Crippen LogP contribution in [0.3, 0.4) is 0 Å². The summed E-state index contributed by atoms with van der Waals surface area (Å²) in [5, 5.41) is 9.20. The topological polar surface area (TPSA) is 37.3 Å². The molecule has 1 unspecified atom stereocenters. The van der Waals surface area contributed by atoms with Crippen LogP contribution < -0.4 is 0 Å². The third-order valence-electron chi connectivity index (χ3n) is 2.54. The first-order chi connectivity index (χ1) is 6.56. The predicted octanol–water partition coefficient (Wildman–Crippen LogP) is 2.93. The van der Waals surface area contributed by atoms with Crippen molar-refractivity contribution in [2.45, 2.75) is 27.2 Å². The molecule has 1 atom stereocenters. The fourth-order valence-corrected chi connectivity index (χ4v) is 1.38. The molecule has 0 saturated heterocycles. The number of carbonyl (C=O) groups is 1. The third kappa shape index (κ3) is 2.13. The number of carbonyl (C=O) groups excluding carboxylic acids is 1. The molecule has 0 aliphatic rings. The van der Waals surface area contributed by atoms with Crippen molar-refractivity contribution in [2.75, 3.05) is 0 Å². The summed E-state index contributed by atoms with van der Waals surface area (Å²) < 4.78 is 0. The van der Waals surface area contributed by atoms with Gasteiger partial charge in [-0.25, -0.2) is 0 Å². The maximum atomic E-state index is 11.8. The van der Waals surface area contributed by atoms with Crippen molar-refractivity contribution < 1.29 is 9.90 Å². The van der Waals surface area contributed by atoms with Gasteiger partial charge in [0, 0.05) is 11.5 Å². The summed E-state index contributed by atoms with van der Waals surface area (Å²) in [6.45, 7) is 5.77. The van der Waals surface area contributed by atoms with Crippen LogP contribution in [0.2, 0.25) is 0 Å². The zero-order valence-electron chi connectivity index (χ0n) is 8.87. The number of ketones is 1. The van der Waals surface area contributed by atoms with E-state index >= 15 is 0 Å². The molecule has 1 N–H and O–H groups in total. The number of phenolic OH excluding ortho intramolecular Hbond substituents is 1. The van der Waals surface area contributed by atoms with Crippen molar-refractivity contribution >= 4 is 5.78 Å². The summed E-state index contributed by atoms with van der Waals surface area (Å²) in [6.07, 6.45) is 0.846. The molecule has 0 amide bonds. The number of Topliss-reactive ketones (excluding diaryl/α,β-unsaturated/α-hetero) is 1. The molecule has 14 heavy (non-hydrogen) atoms. The van der Waals surface area contributed by atoms with Gasteiger partial charge in [0.15, 0.2) is 5.78 Å². The van der Waals surface area contributed by atoms with Gasteiger partial charge in [0.1, 0.15) is 5.75 Å². The van der Waals surface area contributed by atoms with Crippen molar-refractivity contribution in [2.24, 2.45) is 5.92 Å². The predicted molar refractivity (Wildman–Crippen MR) is 56.6 cm³/mol. The highest BCUT2D eigenvalue weighted by molar-refractivity contribution is 5.99. The minimum absolute atomic E-state index is 0.0539. The molecule has 0 saturated carbocycles. The number of hydrogen-bond acceptors (Lipinski definition) is 2. The van der Waals surface area contributed by atoms with Crippen LogP contribution in [0.4, 0.5) is 0 Å². The van der Waals surface area contributed by atoms with E-state index in [0.717, 1.165) is 17.5 Å². The Balaban J connectivity index is 3.02. The first kappa shape index (κ1) is 10.8. The smallest absolute Gasteiger partial charge is 0.165 e. The largest absolute Gasteiger partial charge is 0.508 e. The highest BCUT2D eigenvalue weighted by atomic mass is 16.3. The van der Waals surface area contributed by atoms with E-state index < -0.39 is 0 Å². The van der Waals surface area contributed by atoms with Crippen molar-refractivity contribution in [1.29, 1.82) is 0 Å². The molecule has 1 aromatic rings.